The van der Waals surface area contributed by atoms with Gasteiger partial charge in [0.05, 0.1) is 7.11 Å². The average Bonchev–Trinajstić information content (AvgIpc) is 3.00. The fraction of sp³-hybridized carbons (Fsp3) is 0.353. The number of para-hydroxylation sites is 2. The third-order valence-corrected chi connectivity index (χ3v) is 4.37. The summed E-state index contributed by atoms with van der Waals surface area (Å²) < 4.78 is 16.1. The molecule has 0 aliphatic heterocycles. The van der Waals surface area contributed by atoms with Crippen LogP contribution in [-0.2, 0) is 9.53 Å². The van der Waals surface area contributed by atoms with Crippen molar-refractivity contribution in [1.29, 1.82) is 0 Å². The van der Waals surface area contributed by atoms with E-state index >= 15 is 0 Å². The first-order chi connectivity index (χ1) is 11.1. The van der Waals surface area contributed by atoms with Gasteiger partial charge in [-0.25, -0.2) is 0 Å². The summed E-state index contributed by atoms with van der Waals surface area (Å²) >= 11 is 1.66. The lowest BCUT2D eigenvalue weighted by atomic mass is 10.3. The van der Waals surface area contributed by atoms with Gasteiger partial charge in [-0.3, -0.25) is 4.79 Å². The molecule has 1 atom stereocenters. The van der Waals surface area contributed by atoms with Crippen LogP contribution in [-0.4, -0.2) is 33.3 Å². The van der Waals surface area contributed by atoms with E-state index < -0.39 is 0 Å². The summed E-state index contributed by atoms with van der Waals surface area (Å²) in [5.41, 5.74) is 0. The first-order valence-corrected chi connectivity index (χ1v) is 8.07. The van der Waals surface area contributed by atoms with Crippen molar-refractivity contribution in [2.45, 2.75) is 13.0 Å². The zero-order chi connectivity index (χ0) is 16.7. The van der Waals surface area contributed by atoms with Crippen LogP contribution in [0.15, 0.2) is 36.4 Å². The van der Waals surface area contributed by atoms with Crippen LogP contribution in [0.1, 0.15) is 15.9 Å². The molecule has 0 spiro atoms. The zero-order valence-electron chi connectivity index (χ0n) is 13.5. The quantitative estimate of drug-likeness (QED) is 0.806. The number of carbonyl (C=O) groups excluding carboxylic acids is 1. The van der Waals surface area contributed by atoms with Crippen molar-refractivity contribution >= 4 is 17.2 Å². The fourth-order valence-electron chi connectivity index (χ4n) is 2.07. The molecule has 1 N–H and O–H groups in total. The van der Waals surface area contributed by atoms with Gasteiger partial charge in [-0.2, -0.15) is 0 Å². The van der Waals surface area contributed by atoms with Gasteiger partial charge in [-0.15, -0.1) is 11.3 Å². The van der Waals surface area contributed by atoms with Crippen LogP contribution in [0.25, 0.3) is 0 Å². The predicted molar refractivity (Wildman–Crippen MR) is 90.3 cm³/mol. The van der Waals surface area contributed by atoms with Crippen molar-refractivity contribution in [3.63, 3.8) is 0 Å². The number of thiophene rings is 1. The Morgan fingerprint density at radius 3 is 2.52 bits per heavy atom. The van der Waals surface area contributed by atoms with Gasteiger partial charge in [-0.05, 0) is 31.2 Å². The summed E-state index contributed by atoms with van der Waals surface area (Å²) in [6.07, 6.45) is -0.149. The standard InChI is InChI=1S/C17H21NO4S/c1-12-8-9-16(23-12)15(21-3)10-18-17(19)11-22-14-7-5-4-6-13(14)20-2/h4-9,15H,10-11H2,1-3H3,(H,18,19)/t15-/m1/s1. The molecule has 0 aliphatic rings. The molecule has 1 amide bonds. The Morgan fingerprint density at radius 2 is 1.91 bits per heavy atom. The number of carbonyl (C=O) groups is 1. The van der Waals surface area contributed by atoms with Crippen LogP contribution in [0.4, 0.5) is 0 Å². The maximum absolute atomic E-state index is 11.9. The Hall–Kier alpha value is -2.05. The van der Waals surface area contributed by atoms with Crippen LogP contribution < -0.4 is 14.8 Å². The predicted octanol–water partition coefficient (Wildman–Crippen LogP) is 2.95. The van der Waals surface area contributed by atoms with Gasteiger partial charge in [0.2, 0.25) is 0 Å². The van der Waals surface area contributed by atoms with Crippen LogP contribution in [0.3, 0.4) is 0 Å². The van der Waals surface area contributed by atoms with E-state index in [1.165, 1.54) is 4.88 Å². The molecular formula is C17H21NO4S. The van der Waals surface area contributed by atoms with Crippen molar-refractivity contribution in [3.8, 4) is 11.5 Å². The number of benzene rings is 1. The number of methoxy groups -OCH3 is 2. The molecule has 5 nitrogen and oxygen atoms in total. The topological polar surface area (TPSA) is 56.8 Å². The summed E-state index contributed by atoms with van der Waals surface area (Å²) in [7, 11) is 3.20. The number of rotatable bonds is 8. The van der Waals surface area contributed by atoms with E-state index in [1.807, 2.05) is 31.2 Å². The highest BCUT2D eigenvalue weighted by Gasteiger charge is 2.14. The average molecular weight is 335 g/mol. The normalized spacial score (nSPS) is 11.8. The van der Waals surface area contributed by atoms with Crippen molar-refractivity contribution in [3.05, 3.63) is 46.2 Å². The molecule has 0 aliphatic carbocycles. The molecule has 0 radical (unpaired) electrons. The molecule has 0 fully saturated rings. The second-order valence-corrected chi connectivity index (χ2v) is 6.24. The summed E-state index contributed by atoms with van der Waals surface area (Å²) in [5.74, 6) is 0.942. The molecule has 1 aromatic heterocycles. The van der Waals surface area contributed by atoms with Crippen LogP contribution in [0.5, 0.6) is 11.5 Å². The fourth-order valence-corrected chi connectivity index (χ4v) is 3.02. The van der Waals surface area contributed by atoms with Gasteiger partial charge in [-0.1, -0.05) is 12.1 Å². The Labute approximate surface area is 140 Å². The van der Waals surface area contributed by atoms with E-state index in [0.717, 1.165) is 4.88 Å². The van der Waals surface area contributed by atoms with Gasteiger partial charge >= 0.3 is 0 Å². The molecule has 0 unspecified atom stereocenters. The van der Waals surface area contributed by atoms with Gasteiger partial charge in [0.15, 0.2) is 18.1 Å². The maximum atomic E-state index is 11.9. The van der Waals surface area contributed by atoms with Crippen molar-refractivity contribution in [1.82, 2.24) is 5.32 Å². The number of ether oxygens (including phenoxy) is 3. The molecule has 2 rings (SSSR count). The number of hydrogen-bond acceptors (Lipinski definition) is 5. The Bertz CT molecular complexity index is 641. The SMILES string of the molecule is COc1ccccc1OCC(=O)NC[C@@H](OC)c1ccc(C)s1. The third-order valence-electron chi connectivity index (χ3n) is 3.28. The number of hydrogen-bond donors (Lipinski definition) is 1. The first kappa shape index (κ1) is 17.3. The Balaban J connectivity index is 1.82. The van der Waals surface area contributed by atoms with Gasteiger partial charge < -0.3 is 19.5 Å². The lowest BCUT2D eigenvalue weighted by Gasteiger charge is -2.15. The minimum Gasteiger partial charge on any atom is -0.493 e. The molecule has 0 saturated heterocycles. The first-order valence-electron chi connectivity index (χ1n) is 7.25. The van der Waals surface area contributed by atoms with Crippen molar-refractivity contribution in [2.24, 2.45) is 0 Å². The van der Waals surface area contributed by atoms with Crippen LogP contribution in [0, 0.1) is 6.92 Å². The van der Waals surface area contributed by atoms with Crippen molar-refractivity contribution in [2.75, 3.05) is 27.4 Å². The second-order valence-electron chi connectivity index (χ2n) is 4.92. The maximum Gasteiger partial charge on any atom is 0.258 e. The molecule has 23 heavy (non-hydrogen) atoms. The Kier molecular flexibility index (Phi) is 6.43. The number of nitrogens with one attached hydrogen (secondary N) is 1. The summed E-state index contributed by atoms with van der Waals surface area (Å²) in [4.78, 5) is 14.3. The molecular weight excluding hydrogens is 314 g/mol. The molecule has 2 aromatic rings. The molecule has 0 saturated carbocycles. The van der Waals surface area contributed by atoms with Gasteiger partial charge in [0.25, 0.3) is 5.91 Å². The molecule has 1 aromatic carbocycles. The van der Waals surface area contributed by atoms with Crippen molar-refractivity contribution < 1.29 is 19.0 Å². The molecule has 1 heterocycles. The van der Waals surface area contributed by atoms with Gasteiger partial charge in [0.1, 0.15) is 6.10 Å². The van der Waals surface area contributed by atoms with E-state index in [9.17, 15) is 4.79 Å². The highest BCUT2D eigenvalue weighted by molar-refractivity contribution is 7.12. The third kappa shape index (κ3) is 4.97. The van der Waals surface area contributed by atoms with Gasteiger partial charge in [0, 0.05) is 23.4 Å². The largest absolute Gasteiger partial charge is 0.493 e. The second kappa shape index (κ2) is 8.55. The summed E-state index contributed by atoms with van der Waals surface area (Å²) in [6, 6.07) is 11.3. The lowest BCUT2D eigenvalue weighted by molar-refractivity contribution is -0.123. The highest BCUT2D eigenvalue weighted by atomic mass is 32.1. The summed E-state index contributed by atoms with van der Waals surface area (Å²) in [5, 5.41) is 2.83. The monoisotopic (exact) mass is 335 g/mol. The smallest absolute Gasteiger partial charge is 0.258 e. The Morgan fingerprint density at radius 1 is 1.17 bits per heavy atom. The number of amides is 1. The number of aryl methyl sites for hydroxylation is 1. The molecule has 0 bridgehead atoms. The minimum absolute atomic E-state index is 0.0692. The summed E-state index contributed by atoms with van der Waals surface area (Å²) in [6.45, 7) is 2.38. The van der Waals surface area contributed by atoms with E-state index in [1.54, 1.807) is 37.7 Å². The molecule has 6 heteroatoms. The van der Waals surface area contributed by atoms with E-state index in [4.69, 9.17) is 14.2 Å². The lowest BCUT2D eigenvalue weighted by Crippen LogP contribution is -2.32. The highest BCUT2D eigenvalue weighted by Crippen LogP contribution is 2.26. The molecule has 124 valence electrons. The minimum atomic E-state index is -0.203. The van der Waals surface area contributed by atoms with Crippen LogP contribution >= 0.6 is 11.3 Å². The van der Waals surface area contributed by atoms with E-state index in [-0.39, 0.29) is 18.6 Å². The van der Waals surface area contributed by atoms with Crippen LogP contribution in [0.2, 0.25) is 0 Å². The zero-order valence-corrected chi connectivity index (χ0v) is 14.3. The van der Waals surface area contributed by atoms with E-state index in [0.29, 0.717) is 18.0 Å². The van der Waals surface area contributed by atoms with E-state index in [2.05, 4.69) is 5.32 Å².